The van der Waals surface area contributed by atoms with Gasteiger partial charge in [0.2, 0.25) is 5.82 Å². The summed E-state index contributed by atoms with van der Waals surface area (Å²) in [5, 5.41) is 0. The number of hydrogen-bond acceptors (Lipinski definition) is 5. The van der Waals surface area contributed by atoms with Crippen molar-refractivity contribution in [1.29, 1.82) is 0 Å². The summed E-state index contributed by atoms with van der Waals surface area (Å²) < 4.78 is 37.6. The molecule has 0 aliphatic carbocycles. The van der Waals surface area contributed by atoms with Gasteiger partial charge in [-0.1, -0.05) is 0 Å². The van der Waals surface area contributed by atoms with Crippen LogP contribution in [-0.2, 0) is 10.0 Å². The molecule has 2 aromatic heterocycles. The zero-order valence-electron chi connectivity index (χ0n) is 8.38. The number of halogens is 2. The minimum atomic E-state index is -4.21. The van der Waals surface area contributed by atoms with Gasteiger partial charge in [0, 0.05) is 0 Å². The second-order valence-corrected chi connectivity index (χ2v) is 7.60. The van der Waals surface area contributed by atoms with Crippen molar-refractivity contribution in [3.63, 3.8) is 0 Å². The maximum atomic E-state index is 13.0. The zero-order chi connectivity index (χ0) is 13.5. The molecule has 0 unspecified atom stereocenters. The van der Waals surface area contributed by atoms with Crippen LogP contribution in [0.3, 0.4) is 0 Å². The summed E-state index contributed by atoms with van der Waals surface area (Å²) in [6.45, 7) is 0. The van der Waals surface area contributed by atoms with E-state index in [1.54, 1.807) is 4.98 Å². The Morgan fingerprint density at radius 2 is 2.00 bits per heavy atom. The van der Waals surface area contributed by atoms with E-state index >= 15 is 0 Å². The van der Waals surface area contributed by atoms with Gasteiger partial charge >= 0.3 is 5.69 Å². The van der Waals surface area contributed by atoms with Crippen LogP contribution in [0.15, 0.2) is 35.9 Å². The molecule has 0 saturated carbocycles. The van der Waals surface area contributed by atoms with Gasteiger partial charge in [-0.25, -0.2) is 4.79 Å². The average Bonchev–Trinajstić information content (AvgIpc) is 2.70. The number of H-pyrrole nitrogens is 1. The molecule has 0 radical (unpaired) electrons. The van der Waals surface area contributed by atoms with Gasteiger partial charge in [-0.05, 0) is 28.1 Å². The van der Waals surface area contributed by atoms with E-state index in [0.29, 0.717) is 9.98 Å². The molecule has 6 nitrogen and oxygen atoms in total. The lowest BCUT2D eigenvalue weighted by Crippen LogP contribution is -2.35. The number of hydrogen-bond donors (Lipinski definition) is 1. The lowest BCUT2D eigenvalue weighted by molar-refractivity contribution is 0.566. The molecule has 2 aromatic rings. The Balaban J connectivity index is 2.73. The molecule has 0 aliphatic heterocycles. The summed E-state index contributed by atoms with van der Waals surface area (Å²) in [6.07, 6.45) is 0.351. The fourth-order valence-corrected chi connectivity index (χ4v) is 4.45. The molecule has 2 rings (SSSR count). The smallest absolute Gasteiger partial charge is 0.271 e. The summed E-state index contributed by atoms with van der Waals surface area (Å²) in [7, 11) is -4.21. The van der Waals surface area contributed by atoms with Crippen molar-refractivity contribution in [3.05, 3.63) is 48.8 Å². The molecule has 0 fully saturated rings. The van der Waals surface area contributed by atoms with E-state index in [1.807, 2.05) is 0 Å². The first-order valence-corrected chi connectivity index (χ1v) is 7.40. The molecular formula is C8H4BrFN2O4S2. The van der Waals surface area contributed by atoms with Crippen LogP contribution >= 0.6 is 27.3 Å². The second-order valence-electron chi connectivity index (χ2n) is 3.10. The Morgan fingerprint density at radius 1 is 1.33 bits per heavy atom. The van der Waals surface area contributed by atoms with E-state index < -0.39 is 27.1 Å². The summed E-state index contributed by atoms with van der Waals surface area (Å²) in [5.41, 5.74) is -2.48. The first kappa shape index (κ1) is 13.2. The highest BCUT2D eigenvalue weighted by molar-refractivity contribution is 9.11. The highest BCUT2D eigenvalue weighted by atomic mass is 79.9. The molecular weight excluding hydrogens is 351 g/mol. The molecule has 0 aliphatic rings. The summed E-state index contributed by atoms with van der Waals surface area (Å²) >= 11 is 3.94. The quantitative estimate of drug-likeness (QED) is 0.861. The van der Waals surface area contributed by atoms with E-state index in [2.05, 4.69) is 15.9 Å². The van der Waals surface area contributed by atoms with Crippen LogP contribution in [0.5, 0.6) is 0 Å². The standard InChI is InChI=1S/C8H4BrFN2O4S2/c9-5-1-2-6(17-5)18(15,16)12-3-4(10)7(13)11-8(12)14/h1-3H,(H,11,13,14). The lowest BCUT2D eigenvalue weighted by Gasteiger charge is -2.03. The average molecular weight is 355 g/mol. The van der Waals surface area contributed by atoms with Crippen LogP contribution in [0.4, 0.5) is 4.39 Å². The third-order valence-electron chi connectivity index (χ3n) is 1.93. The van der Waals surface area contributed by atoms with Gasteiger partial charge < -0.3 is 0 Å². The molecule has 0 spiro atoms. The van der Waals surface area contributed by atoms with Crippen molar-refractivity contribution in [3.8, 4) is 0 Å². The molecule has 0 saturated heterocycles. The summed E-state index contributed by atoms with van der Waals surface area (Å²) in [6, 6.07) is 2.74. The molecule has 1 N–H and O–H groups in total. The van der Waals surface area contributed by atoms with E-state index in [-0.39, 0.29) is 8.18 Å². The predicted octanol–water partition coefficient (Wildman–Crippen LogP) is 0.737. The third kappa shape index (κ3) is 2.18. The van der Waals surface area contributed by atoms with Crippen molar-refractivity contribution in [2.75, 3.05) is 0 Å². The Morgan fingerprint density at radius 3 is 2.56 bits per heavy atom. The minimum absolute atomic E-state index is 0.150. The van der Waals surface area contributed by atoms with Gasteiger partial charge in [-0.3, -0.25) is 9.78 Å². The molecule has 18 heavy (non-hydrogen) atoms. The van der Waals surface area contributed by atoms with E-state index in [9.17, 15) is 22.4 Å². The Hall–Kier alpha value is -1.26. The van der Waals surface area contributed by atoms with Gasteiger partial charge in [0.05, 0.1) is 9.98 Å². The largest absolute Gasteiger partial charge is 0.342 e. The number of aromatic nitrogens is 2. The lowest BCUT2D eigenvalue weighted by atomic mass is 10.6. The Bertz CT molecular complexity index is 820. The molecule has 2 heterocycles. The number of aromatic amines is 1. The molecule has 10 heteroatoms. The minimum Gasteiger partial charge on any atom is -0.271 e. The summed E-state index contributed by atoms with van der Waals surface area (Å²) in [4.78, 5) is 23.8. The zero-order valence-corrected chi connectivity index (χ0v) is 11.6. The van der Waals surface area contributed by atoms with Crippen molar-refractivity contribution < 1.29 is 12.8 Å². The van der Waals surface area contributed by atoms with Crippen LogP contribution in [0.2, 0.25) is 0 Å². The van der Waals surface area contributed by atoms with Crippen LogP contribution in [0.1, 0.15) is 0 Å². The van der Waals surface area contributed by atoms with Crippen LogP contribution in [-0.4, -0.2) is 17.4 Å². The van der Waals surface area contributed by atoms with Gasteiger partial charge in [0.15, 0.2) is 0 Å². The predicted molar refractivity (Wildman–Crippen MR) is 65.9 cm³/mol. The Labute approximate surface area is 112 Å². The van der Waals surface area contributed by atoms with Gasteiger partial charge in [-0.15, -0.1) is 11.3 Å². The van der Waals surface area contributed by atoms with Crippen molar-refractivity contribution in [2.45, 2.75) is 4.21 Å². The van der Waals surface area contributed by atoms with E-state index in [0.717, 1.165) is 11.3 Å². The van der Waals surface area contributed by atoms with Crippen LogP contribution in [0.25, 0.3) is 0 Å². The molecule has 0 bridgehead atoms. The molecule has 96 valence electrons. The van der Waals surface area contributed by atoms with Crippen molar-refractivity contribution >= 4 is 37.3 Å². The fourth-order valence-electron chi connectivity index (χ4n) is 1.14. The maximum absolute atomic E-state index is 13.0. The third-order valence-corrected chi connectivity index (χ3v) is 5.66. The number of thiophene rings is 1. The van der Waals surface area contributed by atoms with E-state index in [1.165, 1.54) is 12.1 Å². The van der Waals surface area contributed by atoms with Gasteiger partial charge in [-0.2, -0.15) is 16.8 Å². The molecule has 0 atom stereocenters. The molecule has 0 amide bonds. The fraction of sp³-hybridized carbons (Fsp3) is 0. The molecule has 0 aromatic carbocycles. The monoisotopic (exact) mass is 354 g/mol. The normalized spacial score (nSPS) is 11.7. The Kier molecular flexibility index (Phi) is 3.25. The van der Waals surface area contributed by atoms with Gasteiger partial charge in [0.1, 0.15) is 4.21 Å². The highest BCUT2D eigenvalue weighted by Crippen LogP contribution is 2.26. The SMILES string of the molecule is O=c1[nH]c(=O)n(S(=O)(=O)c2ccc(Br)s2)cc1F. The van der Waals surface area contributed by atoms with Gasteiger partial charge in [0.25, 0.3) is 15.6 Å². The van der Waals surface area contributed by atoms with Crippen LogP contribution in [0, 0.1) is 5.82 Å². The first-order valence-electron chi connectivity index (χ1n) is 4.35. The second kappa shape index (κ2) is 4.44. The number of rotatable bonds is 2. The maximum Gasteiger partial charge on any atom is 0.342 e. The van der Waals surface area contributed by atoms with Crippen molar-refractivity contribution in [2.24, 2.45) is 0 Å². The van der Waals surface area contributed by atoms with E-state index in [4.69, 9.17) is 0 Å². The van der Waals surface area contributed by atoms with Crippen LogP contribution < -0.4 is 11.2 Å². The first-order chi connectivity index (χ1) is 8.32. The number of nitrogens with zero attached hydrogens (tertiary/aromatic N) is 1. The number of nitrogens with one attached hydrogen (secondary N) is 1. The topological polar surface area (TPSA) is 89.0 Å². The highest BCUT2D eigenvalue weighted by Gasteiger charge is 2.22. The van der Waals surface area contributed by atoms with Crippen molar-refractivity contribution in [1.82, 2.24) is 8.96 Å². The summed E-state index contributed by atoms with van der Waals surface area (Å²) in [5.74, 6) is -1.35.